The van der Waals surface area contributed by atoms with Crippen molar-refractivity contribution in [2.45, 2.75) is 20.4 Å². The lowest BCUT2D eigenvalue weighted by molar-refractivity contribution is -0.113. The molecule has 2 aromatic carbocycles. The maximum Gasteiger partial charge on any atom is 0.272 e. The lowest BCUT2D eigenvalue weighted by Crippen LogP contribution is -2.16. The average molecular weight is 383 g/mol. The maximum absolute atomic E-state index is 12.4. The number of fused-ring (bicyclic) bond motifs is 1. The average Bonchev–Trinajstić information content (AvgIpc) is 2.92. The van der Waals surface area contributed by atoms with E-state index >= 15 is 0 Å². The van der Waals surface area contributed by atoms with E-state index in [1.165, 1.54) is 28.5 Å². The molecule has 0 radical (unpaired) electrons. The minimum Gasteiger partial charge on any atom is -0.312 e. The Labute approximate surface area is 161 Å². The predicted octanol–water partition coefficient (Wildman–Crippen LogP) is 5.30. The van der Waals surface area contributed by atoms with E-state index in [0.717, 1.165) is 15.8 Å². The van der Waals surface area contributed by atoms with E-state index in [0.29, 0.717) is 16.4 Å². The molecule has 0 aliphatic rings. The summed E-state index contributed by atoms with van der Waals surface area (Å²) in [6.07, 6.45) is 4.95. The van der Waals surface area contributed by atoms with Gasteiger partial charge in [-0.3, -0.25) is 4.79 Å². The monoisotopic (exact) mass is 382 g/mol. The van der Waals surface area contributed by atoms with Crippen LogP contribution in [0.5, 0.6) is 0 Å². The summed E-state index contributed by atoms with van der Waals surface area (Å²) in [6, 6.07) is 11.6. The van der Waals surface area contributed by atoms with Crippen molar-refractivity contribution in [3.8, 4) is 0 Å². The third kappa shape index (κ3) is 3.87. The van der Waals surface area contributed by atoms with Gasteiger partial charge in [0.25, 0.3) is 5.91 Å². The van der Waals surface area contributed by atoms with Gasteiger partial charge in [0, 0.05) is 17.6 Å². The number of carbonyl (C=O) groups is 1. The summed E-state index contributed by atoms with van der Waals surface area (Å²) in [4.78, 5) is 17.3. The second-order valence-corrected chi connectivity index (χ2v) is 7.43. The van der Waals surface area contributed by atoms with Crippen molar-refractivity contribution >= 4 is 45.1 Å². The molecule has 132 valence electrons. The van der Waals surface area contributed by atoms with Gasteiger partial charge in [-0.1, -0.05) is 53.3 Å². The highest BCUT2D eigenvalue weighted by Gasteiger charge is 2.09. The predicted molar refractivity (Wildman–Crippen MR) is 111 cm³/mol. The van der Waals surface area contributed by atoms with E-state index in [1.807, 2.05) is 28.8 Å². The van der Waals surface area contributed by atoms with Crippen LogP contribution in [-0.4, -0.2) is 10.5 Å². The van der Waals surface area contributed by atoms with Crippen LogP contribution in [-0.2, 0) is 11.3 Å². The Kier molecular flexibility index (Phi) is 5.55. The van der Waals surface area contributed by atoms with Crippen molar-refractivity contribution < 1.29 is 4.79 Å². The number of allylic oxidation sites excluding steroid dienone is 1. The van der Waals surface area contributed by atoms with E-state index in [4.69, 9.17) is 11.6 Å². The Morgan fingerprint density at radius 2 is 2.08 bits per heavy atom. The molecule has 0 atom stereocenters. The summed E-state index contributed by atoms with van der Waals surface area (Å²) in [5, 5.41) is 0.603. The van der Waals surface area contributed by atoms with E-state index in [-0.39, 0.29) is 5.91 Å². The van der Waals surface area contributed by atoms with Gasteiger partial charge in [0.05, 0.1) is 10.2 Å². The van der Waals surface area contributed by atoms with Crippen LogP contribution in [0.1, 0.15) is 16.7 Å². The quantitative estimate of drug-likeness (QED) is 0.445. The zero-order chi connectivity index (χ0) is 18.7. The molecule has 0 unspecified atom stereocenters. The highest BCUT2D eigenvalue weighted by molar-refractivity contribution is 7.16. The van der Waals surface area contributed by atoms with E-state index < -0.39 is 0 Å². The van der Waals surface area contributed by atoms with E-state index in [2.05, 4.69) is 37.6 Å². The van der Waals surface area contributed by atoms with Crippen molar-refractivity contribution in [1.82, 2.24) is 4.57 Å². The molecule has 0 bridgehead atoms. The molecule has 0 N–H and O–H groups in total. The minimum atomic E-state index is -0.316. The van der Waals surface area contributed by atoms with Gasteiger partial charge in [-0.05, 0) is 48.7 Å². The Morgan fingerprint density at radius 1 is 1.31 bits per heavy atom. The normalized spacial score (nSPS) is 12.2. The fraction of sp³-hybridized carbons (Fsp3) is 0.143. The van der Waals surface area contributed by atoms with Crippen LogP contribution in [0.2, 0.25) is 5.02 Å². The first-order valence-corrected chi connectivity index (χ1v) is 9.42. The van der Waals surface area contributed by atoms with Crippen LogP contribution in [0.25, 0.3) is 16.3 Å². The Morgan fingerprint density at radius 3 is 2.81 bits per heavy atom. The van der Waals surface area contributed by atoms with Crippen molar-refractivity contribution in [1.29, 1.82) is 0 Å². The molecular formula is C21H19ClN2OS. The number of carbonyl (C=O) groups excluding carboxylic acids is 1. The molecule has 3 rings (SSSR count). The number of benzene rings is 2. The molecule has 0 aliphatic heterocycles. The summed E-state index contributed by atoms with van der Waals surface area (Å²) < 4.78 is 3.15. The Balaban J connectivity index is 2.05. The van der Waals surface area contributed by atoms with Crippen molar-refractivity contribution in [3.63, 3.8) is 0 Å². The SMILES string of the molecule is C=CCn1c(=NC(=O)/C=C/c2ccccc2Cl)sc2cc(C)cc(C)c21. The van der Waals surface area contributed by atoms with E-state index in [1.54, 1.807) is 12.1 Å². The number of nitrogens with zero attached hydrogens (tertiary/aromatic N) is 2. The summed E-state index contributed by atoms with van der Waals surface area (Å²) in [7, 11) is 0. The fourth-order valence-corrected chi connectivity index (χ4v) is 4.30. The second kappa shape index (κ2) is 7.85. The second-order valence-electron chi connectivity index (χ2n) is 6.02. The van der Waals surface area contributed by atoms with Gasteiger partial charge >= 0.3 is 0 Å². The number of amides is 1. The van der Waals surface area contributed by atoms with Crippen LogP contribution in [0, 0.1) is 13.8 Å². The first kappa shape index (κ1) is 18.4. The summed E-state index contributed by atoms with van der Waals surface area (Å²) in [6.45, 7) is 8.57. The van der Waals surface area contributed by atoms with Crippen LogP contribution in [0.3, 0.4) is 0 Å². The standard InChI is InChI=1S/C21H19ClN2OS/c1-4-11-24-20-15(3)12-14(2)13-18(20)26-21(24)23-19(25)10-9-16-7-5-6-8-17(16)22/h4-10,12-13H,1,11H2,2-3H3/b10-9+,23-21?. The van der Waals surface area contributed by atoms with Crippen LogP contribution in [0.15, 0.2) is 60.1 Å². The zero-order valence-corrected chi connectivity index (χ0v) is 16.3. The third-order valence-corrected chi connectivity index (χ3v) is 5.31. The number of halogens is 1. The highest BCUT2D eigenvalue weighted by Crippen LogP contribution is 2.23. The van der Waals surface area contributed by atoms with Crippen LogP contribution < -0.4 is 4.80 Å². The van der Waals surface area contributed by atoms with Gasteiger partial charge in [0.1, 0.15) is 0 Å². The topological polar surface area (TPSA) is 34.4 Å². The van der Waals surface area contributed by atoms with Crippen LogP contribution in [0.4, 0.5) is 0 Å². The number of hydrogen-bond donors (Lipinski definition) is 0. The molecule has 0 spiro atoms. The number of aromatic nitrogens is 1. The smallest absolute Gasteiger partial charge is 0.272 e. The Bertz CT molecular complexity index is 1090. The molecule has 1 amide bonds. The molecule has 3 aromatic rings. The van der Waals surface area contributed by atoms with Gasteiger partial charge in [-0.25, -0.2) is 0 Å². The first-order valence-electron chi connectivity index (χ1n) is 8.22. The van der Waals surface area contributed by atoms with E-state index in [9.17, 15) is 4.79 Å². The van der Waals surface area contributed by atoms with Gasteiger partial charge in [-0.2, -0.15) is 4.99 Å². The molecule has 0 aliphatic carbocycles. The van der Waals surface area contributed by atoms with Gasteiger partial charge in [0.15, 0.2) is 4.80 Å². The largest absolute Gasteiger partial charge is 0.312 e. The van der Waals surface area contributed by atoms with Crippen molar-refractivity contribution in [3.05, 3.63) is 81.6 Å². The number of hydrogen-bond acceptors (Lipinski definition) is 2. The van der Waals surface area contributed by atoms with Crippen LogP contribution >= 0.6 is 22.9 Å². The molecule has 0 saturated carbocycles. The number of rotatable bonds is 4. The maximum atomic E-state index is 12.4. The fourth-order valence-electron chi connectivity index (χ4n) is 2.88. The summed E-state index contributed by atoms with van der Waals surface area (Å²) >= 11 is 7.63. The van der Waals surface area contributed by atoms with Gasteiger partial charge in [0.2, 0.25) is 0 Å². The lowest BCUT2D eigenvalue weighted by atomic mass is 10.1. The van der Waals surface area contributed by atoms with Crippen molar-refractivity contribution in [2.75, 3.05) is 0 Å². The molecule has 0 saturated heterocycles. The molecule has 1 heterocycles. The number of aryl methyl sites for hydroxylation is 2. The molecule has 26 heavy (non-hydrogen) atoms. The lowest BCUT2D eigenvalue weighted by Gasteiger charge is -2.04. The molecular weight excluding hydrogens is 364 g/mol. The zero-order valence-electron chi connectivity index (χ0n) is 14.7. The van der Waals surface area contributed by atoms with Crippen molar-refractivity contribution in [2.24, 2.45) is 4.99 Å². The molecule has 3 nitrogen and oxygen atoms in total. The summed E-state index contributed by atoms with van der Waals surface area (Å²) in [5.74, 6) is -0.316. The number of thiazole rings is 1. The minimum absolute atomic E-state index is 0.316. The molecule has 0 fully saturated rings. The first-order chi connectivity index (χ1) is 12.5. The Hall–Kier alpha value is -2.43. The summed E-state index contributed by atoms with van der Waals surface area (Å²) in [5.41, 5.74) is 4.25. The molecule has 5 heteroatoms. The highest BCUT2D eigenvalue weighted by atomic mass is 35.5. The molecule has 1 aromatic heterocycles. The third-order valence-electron chi connectivity index (χ3n) is 3.94. The van der Waals surface area contributed by atoms with Gasteiger partial charge in [-0.15, -0.1) is 6.58 Å². The van der Waals surface area contributed by atoms with Gasteiger partial charge < -0.3 is 4.57 Å².